The first-order valence-electron chi connectivity index (χ1n) is 11.5. The van der Waals surface area contributed by atoms with Crippen molar-refractivity contribution >= 4 is 51.7 Å². The van der Waals surface area contributed by atoms with E-state index in [1.54, 1.807) is 42.3 Å². The van der Waals surface area contributed by atoms with Crippen molar-refractivity contribution in [3.8, 4) is 0 Å². The van der Waals surface area contributed by atoms with Crippen LogP contribution in [-0.4, -0.2) is 33.0 Å². The molecule has 2 amide bonds. The number of carbonyl (C=O) groups is 2. The highest BCUT2D eigenvalue weighted by molar-refractivity contribution is 8.15. The molecule has 0 saturated carbocycles. The molecule has 2 heterocycles. The standard InChI is InChI=1S/C27H21ClF2N4O2S/c1-15-5-10-20(12-21(15)30)31-25(35)14-24-26(36)32-27(37-24)34-23(17-3-2-4-18(28)11-17)13-22(33-34)16-6-8-19(29)9-7-16/h2-12,23-24H,13-14H2,1H3,(H,31,35)/t23-,24+/m0/s1. The number of rotatable bonds is 5. The van der Waals surface area contributed by atoms with E-state index < -0.39 is 22.9 Å². The van der Waals surface area contributed by atoms with E-state index in [2.05, 4.69) is 10.3 Å². The first kappa shape index (κ1) is 25.1. The van der Waals surface area contributed by atoms with Gasteiger partial charge in [-0.25, -0.2) is 13.8 Å². The van der Waals surface area contributed by atoms with Gasteiger partial charge in [0.05, 0.1) is 11.8 Å². The summed E-state index contributed by atoms with van der Waals surface area (Å²) >= 11 is 7.39. The molecular weight excluding hydrogens is 518 g/mol. The minimum atomic E-state index is -0.740. The lowest BCUT2D eigenvalue weighted by Gasteiger charge is -2.23. The number of benzene rings is 3. The zero-order valence-electron chi connectivity index (χ0n) is 19.6. The highest BCUT2D eigenvalue weighted by atomic mass is 35.5. The van der Waals surface area contributed by atoms with Crippen LogP contribution in [0.1, 0.15) is 35.6 Å². The fourth-order valence-corrected chi connectivity index (χ4v) is 5.39. The second-order valence-corrected chi connectivity index (χ2v) is 10.3. The van der Waals surface area contributed by atoms with Crippen LogP contribution in [0.5, 0.6) is 0 Å². The Morgan fingerprint density at radius 3 is 2.65 bits per heavy atom. The maximum atomic E-state index is 13.8. The van der Waals surface area contributed by atoms with Crippen molar-refractivity contribution in [2.45, 2.75) is 31.1 Å². The Balaban J connectivity index is 1.35. The number of amides is 2. The number of carbonyl (C=O) groups excluding carboxylic acids is 2. The Hall–Kier alpha value is -3.56. The van der Waals surface area contributed by atoms with Crippen molar-refractivity contribution in [1.29, 1.82) is 0 Å². The summed E-state index contributed by atoms with van der Waals surface area (Å²) in [6, 6.07) is 17.5. The summed E-state index contributed by atoms with van der Waals surface area (Å²) in [5.74, 6) is -1.64. The van der Waals surface area contributed by atoms with E-state index in [0.29, 0.717) is 33.6 Å². The SMILES string of the molecule is Cc1ccc(NC(=O)C[C@H]2SC(N3N=C(c4ccc(F)cc4)C[C@H]3c3cccc(Cl)c3)=NC2=O)cc1F. The molecule has 0 aliphatic carbocycles. The summed E-state index contributed by atoms with van der Waals surface area (Å²) in [5.41, 5.74) is 3.14. The number of amidine groups is 1. The fraction of sp³-hybridized carbons (Fsp3) is 0.185. The van der Waals surface area contributed by atoms with Gasteiger partial charge in [0.15, 0.2) is 5.17 Å². The number of nitrogens with zero attached hydrogens (tertiary/aromatic N) is 3. The monoisotopic (exact) mass is 538 g/mol. The minimum Gasteiger partial charge on any atom is -0.326 e. The summed E-state index contributed by atoms with van der Waals surface area (Å²) in [6.45, 7) is 1.63. The number of thioether (sulfide) groups is 1. The molecule has 0 fully saturated rings. The third-order valence-electron chi connectivity index (χ3n) is 6.07. The molecular formula is C27H21ClF2N4O2S. The van der Waals surface area contributed by atoms with Gasteiger partial charge in [-0.3, -0.25) is 9.59 Å². The molecule has 2 atom stereocenters. The Labute approximate surface area is 221 Å². The second-order valence-electron chi connectivity index (χ2n) is 8.73. The normalized spacial score (nSPS) is 19.1. The van der Waals surface area contributed by atoms with Crippen LogP contribution in [0.2, 0.25) is 5.02 Å². The van der Waals surface area contributed by atoms with Crippen LogP contribution in [0.3, 0.4) is 0 Å². The van der Waals surface area contributed by atoms with Crippen LogP contribution in [0, 0.1) is 18.6 Å². The Morgan fingerprint density at radius 1 is 1.14 bits per heavy atom. The smallest absolute Gasteiger partial charge is 0.262 e. The highest BCUT2D eigenvalue weighted by Crippen LogP contribution is 2.39. The Kier molecular flexibility index (Phi) is 7.08. The molecule has 0 unspecified atom stereocenters. The number of hydrazone groups is 1. The molecule has 188 valence electrons. The van der Waals surface area contributed by atoms with Gasteiger partial charge < -0.3 is 5.32 Å². The van der Waals surface area contributed by atoms with E-state index in [9.17, 15) is 18.4 Å². The average molecular weight is 539 g/mol. The third kappa shape index (κ3) is 5.57. The van der Waals surface area contributed by atoms with E-state index in [0.717, 1.165) is 22.9 Å². The molecule has 0 aromatic heterocycles. The predicted octanol–water partition coefficient (Wildman–Crippen LogP) is 6.10. The van der Waals surface area contributed by atoms with Crippen LogP contribution < -0.4 is 5.32 Å². The first-order chi connectivity index (χ1) is 17.8. The lowest BCUT2D eigenvalue weighted by molar-refractivity contribution is -0.121. The molecule has 0 saturated heterocycles. The average Bonchev–Trinajstić information content (AvgIpc) is 3.46. The van der Waals surface area contributed by atoms with E-state index in [1.807, 2.05) is 18.2 Å². The van der Waals surface area contributed by atoms with Gasteiger partial charge in [-0.1, -0.05) is 53.7 Å². The molecule has 0 radical (unpaired) electrons. The Morgan fingerprint density at radius 2 is 1.92 bits per heavy atom. The van der Waals surface area contributed by atoms with Gasteiger partial charge in [-0.2, -0.15) is 10.1 Å². The van der Waals surface area contributed by atoms with Crippen LogP contribution in [0.25, 0.3) is 0 Å². The van der Waals surface area contributed by atoms with Gasteiger partial charge in [-0.15, -0.1) is 0 Å². The molecule has 5 rings (SSSR count). The molecule has 2 aliphatic heterocycles. The third-order valence-corrected chi connectivity index (χ3v) is 7.45. The summed E-state index contributed by atoms with van der Waals surface area (Å²) in [6.07, 6.45) is 0.361. The van der Waals surface area contributed by atoms with Crippen LogP contribution in [-0.2, 0) is 9.59 Å². The molecule has 1 N–H and O–H groups in total. The number of nitrogens with one attached hydrogen (secondary N) is 1. The quantitative estimate of drug-likeness (QED) is 0.426. The van der Waals surface area contributed by atoms with Crippen LogP contribution in [0.15, 0.2) is 76.8 Å². The molecule has 6 nitrogen and oxygen atoms in total. The second kappa shape index (κ2) is 10.4. The van der Waals surface area contributed by atoms with Crippen molar-refractivity contribution < 1.29 is 18.4 Å². The molecule has 2 aliphatic rings. The molecule has 0 bridgehead atoms. The molecule has 0 spiro atoms. The fourth-order valence-electron chi connectivity index (χ4n) is 4.13. The summed E-state index contributed by atoms with van der Waals surface area (Å²) < 4.78 is 27.3. The zero-order chi connectivity index (χ0) is 26.1. The Bertz CT molecular complexity index is 1440. The van der Waals surface area contributed by atoms with Crippen LogP contribution >= 0.6 is 23.4 Å². The maximum Gasteiger partial charge on any atom is 0.262 e. The van der Waals surface area contributed by atoms with E-state index >= 15 is 0 Å². The van der Waals surface area contributed by atoms with Gasteiger partial charge in [0.2, 0.25) is 5.91 Å². The molecule has 3 aromatic carbocycles. The summed E-state index contributed by atoms with van der Waals surface area (Å²) in [5, 5.41) is 9.22. The number of hydrogen-bond donors (Lipinski definition) is 1. The van der Waals surface area contributed by atoms with Crippen molar-refractivity contribution in [2.24, 2.45) is 10.1 Å². The van der Waals surface area contributed by atoms with E-state index in [4.69, 9.17) is 16.7 Å². The van der Waals surface area contributed by atoms with Gasteiger partial charge in [0.1, 0.15) is 16.9 Å². The van der Waals surface area contributed by atoms with Gasteiger partial charge in [0.25, 0.3) is 5.91 Å². The molecule has 10 heteroatoms. The first-order valence-corrected chi connectivity index (χ1v) is 12.8. The van der Waals surface area contributed by atoms with Crippen molar-refractivity contribution in [2.75, 3.05) is 5.32 Å². The van der Waals surface area contributed by atoms with E-state index in [1.165, 1.54) is 18.2 Å². The number of hydrogen-bond acceptors (Lipinski definition) is 5. The zero-order valence-corrected chi connectivity index (χ0v) is 21.2. The number of aryl methyl sites for hydroxylation is 1. The molecule has 37 heavy (non-hydrogen) atoms. The lowest BCUT2D eigenvalue weighted by Crippen LogP contribution is -2.25. The van der Waals surface area contributed by atoms with Crippen molar-refractivity contribution in [3.05, 3.63) is 100 Å². The van der Waals surface area contributed by atoms with Crippen molar-refractivity contribution in [1.82, 2.24) is 5.01 Å². The van der Waals surface area contributed by atoms with Gasteiger partial charge >= 0.3 is 0 Å². The number of aliphatic imine (C=N–C) groups is 1. The number of anilines is 1. The minimum absolute atomic E-state index is 0.129. The number of halogens is 3. The van der Waals surface area contributed by atoms with Gasteiger partial charge in [-0.05, 0) is 60.0 Å². The predicted molar refractivity (Wildman–Crippen MR) is 142 cm³/mol. The highest BCUT2D eigenvalue weighted by Gasteiger charge is 2.39. The summed E-state index contributed by atoms with van der Waals surface area (Å²) in [7, 11) is 0. The lowest BCUT2D eigenvalue weighted by atomic mass is 9.98. The largest absolute Gasteiger partial charge is 0.326 e. The van der Waals surface area contributed by atoms with E-state index in [-0.39, 0.29) is 18.3 Å². The van der Waals surface area contributed by atoms with Crippen LogP contribution in [0.4, 0.5) is 14.5 Å². The summed E-state index contributed by atoms with van der Waals surface area (Å²) in [4.78, 5) is 29.5. The topological polar surface area (TPSA) is 74.1 Å². The maximum absolute atomic E-state index is 13.8. The van der Waals surface area contributed by atoms with Gasteiger partial charge in [0, 0.05) is 23.6 Å². The molecule has 3 aromatic rings. The van der Waals surface area contributed by atoms with Crippen molar-refractivity contribution in [3.63, 3.8) is 0 Å².